The van der Waals surface area contributed by atoms with Gasteiger partial charge in [-0.15, -0.1) is 0 Å². The monoisotopic (exact) mass is 593 g/mol. The van der Waals surface area contributed by atoms with Crippen LogP contribution in [0.4, 0.5) is 9.59 Å². The molecule has 2 aromatic carbocycles. The number of hydrogen-bond acceptors (Lipinski definition) is 10. The molecule has 0 aliphatic heterocycles. The van der Waals surface area contributed by atoms with Gasteiger partial charge in [-0.2, -0.15) is 0 Å². The maximum absolute atomic E-state index is 12.9. The average Bonchev–Trinajstić information content (AvgIpc) is 3.21. The van der Waals surface area contributed by atoms with Crippen LogP contribution in [0.15, 0.2) is 58.5 Å². The van der Waals surface area contributed by atoms with Crippen molar-refractivity contribution in [3.63, 3.8) is 0 Å². The smallest absolute Gasteiger partial charge is 0.449 e. The molecule has 1 aromatic heterocycles. The van der Waals surface area contributed by atoms with Gasteiger partial charge >= 0.3 is 12.2 Å². The predicted molar refractivity (Wildman–Crippen MR) is 145 cm³/mol. The van der Waals surface area contributed by atoms with E-state index in [0.717, 1.165) is 6.26 Å². The van der Waals surface area contributed by atoms with Crippen LogP contribution in [0.25, 0.3) is 11.1 Å². The molecule has 0 aliphatic carbocycles. The van der Waals surface area contributed by atoms with Gasteiger partial charge in [0.2, 0.25) is 10.9 Å². The minimum absolute atomic E-state index is 0.0135. The lowest BCUT2D eigenvalue weighted by molar-refractivity contribution is 0.0998. The molecule has 1 amide bonds. The lowest BCUT2D eigenvalue weighted by atomic mass is 10.0. The van der Waals surface area contributed by atoms with Gasteiger partial charge in [0.25, 0.3) is 10.0 Å². The van der Waals surface area contributed by atoms with Crippen LogP contribution in [-0.4, -0.2) is 58.1 Å². The van der Waals surface area contributed by atoms with Crippen molar-refractivity contribution in [2.75, 3.05) is 19.5 Å². The van der Waals surface area contributed by atoms with Crippen molar-refractivity contribution >= 4 is 32.1 Å². The number of nitrogens with zero attached hydrogens (tertiary/aromatic N) is 2. The number of benzene rings is 2. The number of aromatic nitrogens is 2. The molecule has 12 nitrogen and oxygen atoms in total. The first-order valence-electron chi connectivity index (χ1n) is 12.4. The lowest BCUT2D eigenvalue weighted by Crippen LogP contribution is -2.31. The van der Waals surface area contributed by atoms with Crippen molar-refractivity contribution in [3.8, 4) is 17.0 Å². The summed E-state index contributed by atoms with van der Waals surface area (Å²) in [6.07, 6.45) is -0.0783. The zero-order valence-corrected chi connectivity index (χ0v) is 24.2. The lowest BCUT2D eigenvalue weighted by Gasteiger charge is -2.14. The fraction of sp³-hybridized carbons (Fsp3) is 0.346. The summed E-state index contributed by atoms with van der Waals surface area (Å²) >= 11 is 0. The third-order valence-corrected chi connectivity index (χ3v) is 7.85. The Labute approximate surface area is 233 Å². The number of sulfonamides is 1. The van der Waals surface area contributed by atoms with Crippen molar-refractivity contribution < 1.29 is 40.6 Å². The summed E-state index contributed by atoms with van der Waals surface area (Å²) in [7, 11) is -8.06. The Kier molecular flexibility index (Phi) is 9.93. The number of carbonyl (C=O) groups excluding carboxylic acids is 2. The number of nitrogens with one attached hydrogen (secondary N) is 1. The normalized spacial score (nSPS) is 11.6. The molecule has 1 heterocycles. The number of aryl methyl sites for hydroxylation is 1. The molecule has 0 radical (unpaired) electrons. The van der Waals surface area contributed by atoms with Gasteiger partial charge in [0.15, 0.2) is 9.84 Å². The van der Waals surface area contributed by atoms with E-state index in [-0.39, 0.29) is 35.6 Å². The number of carbonyl (C=O) groups is 2. The minimum Gasteiger partial charge on any atom is -0.449 e. The summed E-state index contributed by atoms with van der Waals surface area (Å²) in [6, 6.07) is 13.0. The Morgan fingerprint density at radius 1 is 0.925 bits per heavy atom. The molecule has 0 atom stereocenters. The van der Waals surface area contributed by atoms with Crippen molar-refractivity contribution in [2.24, 2.45) is 0 Å². The zero-order chi connectivity index (χ0) is 29.5. The number of amides is 1. The van der Waals surface area contributed by atoms with Crippen molar-refractivity contribution in [1.29, 1.82) is 0 Å². The van der Waals surface area contributed by atoms with Crippen LogP contribution in [0.5, 0.6) is 5.88 Å². The summed E-state index contributed by atoms with van der Waals surface area (Å²) in [5, 5.41) is -0.367. The molecule has 0 unspecified atom stereocenters. The standard InChI is InChI=1S/C26H31N3O9S2/c1-5-10-22-27-23(39(4,32)33)24(38-26(31)37-7-3)29(22)17-18-13-15-19(16-14-18)20-11-8-9-12-21(20)40(34,35)28-25(30)36-6-2/h8-9,11-16H,5-7,10,17H2,1-4H3,(H,28,30). The van der Waals surface area contributed by atoms with Crippen molar-refractivity contribution in [1.82, 2.24) is 14.3 Å². The van der Waals surface area contributed by atoms with E-state index in [2.05, 4.69) is 4.98 Å². The number of sulfone groups is 1. The average molecular weight is 594 g/mol. The Bertz CT molecular complexity index is 1580. The second kappa shape index (κ2) is 13.0. The highest BCUT2D eigenvalue weighted by molar-refractivity contribution is 7.90. The second-order valence-electron chi connectivity index (χ2n) is 8.55. The number of hydrogen-bond donors (Lipinski definition) is 1. The third kappa shape index (κ3) is 7.39. The van der Waals surface area contributed by atoms with Crippen molar-refractivity contribution in [2.45, 2.75) is 50.1 Å². The van der Waals surface area contributed by atoms with Gasteiger partial charge in [0.1, 0.15) is 5.82 Å². The second-order valence-corrected chi connectivity index (χ2v) is 12.1. The number of imidazole rings is 1. The SMILES string of the molecule is CCCc1nc(S(C)(=O)=O)c(OC(=O)OCC)n1Cc1ccc(-c2ccccc2S(=O)(=O)NC(=O)OCC)cc1. The van der Waals surface area contributed by atoms with Crippen LogP contribution in [0, 0.1) is 0 Å². The highest BCUT2D eigenvalue weighted by atomic mass is 32.2. The third-order valence-electron chi connectivity index (χ3n) is 5.51. The molecule has 14 heteroatoms. The quantitative estimate of drug-likeness (QED) is 0.323. The van der Waals surface area contributed by atoms with Gasteiger partial charge < -0.3 is 14.2 Å². The molecule has 40 heavy (non-hydrogen) atoms. The van der Waals surface area contributed by atoms with E-state index >= 15 is 0 Å². The van der Waals surface area contributed by atoms with Crippen LogP contribution < -0.4 is 9.46 Å². The molecule has 0 aliphatic rings. The highest BCUT2D eigenvalue weighted by Crippen LogP contribution is 2.30. The molecule has 0 saturated carbocycles. The van der Waals surface area contributed by atoms with Crippen molar-refractivity contribution in [3.05, 3.63) is 59.9 Å². The first kappa shape index (κ1) is 30.6. The van der Waals surface area contributed by atoms with E-state index in [1.54, 1.807) is 50.2 Å². The van der Waals surface area contributed by atoms with Gasteiger partial charge in [-0.05, 0) is 37.5 Å². The topological polar surface area (TPSA) is 160 Å². The number of rotatable bonds is 11. The molecule has 3 aromatic rings. The van der Waals surface area contributed by atoms with Gasteiger partial charge in [-0.3, -0.25) is 4.57 Å². The Balaban J connectivity index is 2.00. The molecule has 216 valence electrons. The summed E-state index contributed by atoms with van der Waals surface area (Å²) in [4.78, 5) is 28.0. The van der Waals surface area contributed by atoms with E-state index in [4.69, 9.17) is 14.2 Å². The molecular formula is C26H31N3O9S2. The van der Waals surface area contributed by atoms with Crippen LogP contribution in [0.2, 0.25) is 0 Å². The number of ether oxygens (including phenoxy) is 3. The van der Waals surface area contributed by atoms with Crippen LogP contribution >= 0.6 is 0 Å². The summed E-state index contributed by atoms with van der Waals surface area (Å²) in [5.74, 6) is 0.169. The summed E-state index contributed by atoms with van der Waals surface area (Å²) in [6.45, 7) is 5.22. The molecule has 0 bridgehead atoms. The van der Waals surface area contributed by atoms with Gasteiger partial charge in [0.05, 0.1) is 24.7 Å². The van der Waals surface area contributed by atoms with Crippen LogP contribution in [-0.2, 0) is 42.3 Å². The van der Waals surface area contributed by atoms with Gasteiger partial charge in [-0.1, -0.05) is 49.4 Å². The van der Waals surface area contributed by atoms with Gasteiger partial charge in [-0.25, -0.2) is 36.1 Å². The maximum atomic E-state index is 12.9. The Morgan fingerprint density at radius 2 is 1.57 bits per heavy atom. The van der Waals surface area contributed by atoms with Crippen LogP contribution in [0.1, 0.15) is 38.6 Å². The fourth-order valence-electron chi connectivity index (χ4n) is 3.84. The molecule has 0 saturated heterocycles. The summed E-state index contributed by atoms with van der Waals surface area (Å²) in [5.41, 5.74) is 1.59. The first-order chi connectivity index (χ1) is 18.9. The van der Waals surface area contributed by atoms with E-state index in [1.165, 1.54) is 16.7 Å². The van der Waals surface area contributed by atoms with E-state index in [1.807, 2.05) is 11.6 Å². The summed E-state index contributed by atoms with van der Waals surface area (Å²) < 4.78 is 68.8. The predicted octanol–water partition coefficient (Wildman–Crippen LogP) is 3.92. The van der Waals surface area contributed by atoms with Gasteiger partial charge in [0, 0.05) is 18.2 Å². The zero-order valence-electron chi connectivity index (χ0n) is 22.5. The van der Waals surface area contributed by atoms with E-state index in [0.29, 0.717) is 35.4 Å². The molecular weight excluding hydrogens is 562 g/mol. The van der Waals surface area contributed by atoms with E-state index in [9.17, 15) is 26.4 Å². The van der Waals surface area contributed by atoms with E-state index < -0.39 is 32.1 Å². The Morgan fingerprint density at radius 3 is 2.17 bits per heavy atom. The molecule has 3 rings (SSSR count). The fourth-order valence-corrected chi connectivity index (χ4v) is 5.70. The highest BCUT2D eigenvalue weighted by Gasteiger charge is 2.28. The molecule has 0 fully saturated rings. The molecule has 0 spiro atoms. The largest absolute Gasteiger partial charge is 0.515 e. The van der Waals surface area contributed by atoms with Crippen LogP contribution in [0.3, 0.4) is 0 Å². The first-order valence-corrected chi connectivity index (χ1v) is 15.8. The minimum atomic E-state index is -4.22. The maximum Gasteiger partial charge on any atom is 0.515 e. The Hall–Kier alpha value is -3.91. The molecule has 1 N–H and O–H groups in total.